The van der Waals surface area contributed by atoms with E-state index in [1.165, 1.54) is 0 Å². The van der Waals surface area contributed by atoms with Crippen LogP contribution in [0.3, 0.4) is 0 Å². The molecule has 2 atom stereocenters. The summed E-state index contributed by atoms with van der Waals surface area (Å²) < 4.78 is 11.0. The fourth-order valence-electron chi connectivity index (χ4n) is 3.83. The number of fused-ring (bicyclic) bond motifs is 1. The molecule has 2 amide bonds. The Kier molecular flexibility index (Phi) is 4.83. The van der Waals surface area contributed by atoms with Crippen LogP contribution in [-0.2, 0) is 6.42 Å². The molecule has 1 aliphatic heterocycles. The Bertz CT molecular complexity index is 845. The zero-order valence-electron chi connectivity index (χ0n) is 15.6. The van der Waals surface area contributed by atoms with Crippen molar-refractivity contribution < 1.29 is 13.9 Å². The normalized spacial score (nSPS) is 21.2. The summed E-state index contributed by atoms with van der Waals surface area (Å²) >= 11 is 0. The third kappa shape index (κ3) is 3.54. The van der Waals surface area contributed by atoms with Crippen molar-refractivity contribution in [3.63, 3.8) is 0 Å². The third-order valence-corrected chi connectivity index (χ3v) is 5.37. The van der Waals surface area contributed by atoms with Gasteiger partial charge in [0.25, 0.3) is 0 Å². The van der Waals surface area contributed by atoms with Gasteiger partial charge in [0, 0.05) is 25.1 Å². The van der Waals surface area contributed by atoms with Crippen LogP contribution in [0.4, 0.5) is 10.5 Å². The van der Waals surface area contributed by atoms with Crippen molar-refractivity contribution >= 4 is 11.7 Å². The maximum absolute atomic E-state index is 12.8. The summed E-state index contributed by atoms with van der Waals surface area (Å²) in [6, 6.07) is 5.36. The van der Waals surface area contributed by atoms with Gasteiger partial charge in [-0.2, -0.15) is 0 Å². The lowest BCUT2D eigenvalue weighted by Gasteiger charge is -2.18. The fourth-order valence-corrected chi connectivity index (χ4v) is 3.83. The lowest BCUT2D eigenvalue weighted by Crippen LogP contribution is -2.33. The number of urea groups is 1. The molecule has 7 nitrogen and oxygen atoms in total. The second-order valence-corrected chi connectivity index (χ2v) is 7.07. The molecule has 4 rings (SSSR count). The van der Waals surface area contributed by atoms with E-state index < -0.39 is 0 Å². The number of benzene rings is 1. The first-order chi connectivity index (χ1) is 13.2. The van der Waals surface area contributed by atoms with Gasteiger partial charge in [0.15, 0.2) is 0 Å². The van der Waals surface area contributed by atoms with E-state index in [9.17, 15) is 4.79 Å². The monoisotopic (exact) mass is 368 g/mol. The molecule has 0 saturated carbocycles. The third-order valence-electron chi connectivity index (χ3n) is 5.37. The standard InChI is InChI=1S/C20H24N4O3/c1-3-18-22-23-19(27-18)13-8-9-17(26-2)16(10-13)21-20(25)24-11-14-6-4-5-7-15(14)12-24/h4-5,8-10,14-15H,3,6-7,11-12H2,1-2H3,(H,21,25)/t14-,15+. The summed E-state index contributed by atoms with van der Waals surface area (Å²) in [6.45, 7) is 3.55. The number of allylic oxidation sites excluding steroid dienone is 2. The maximum Gasteiger partial charge on any atom is 0.321 e. The summed E-state index contributed by atoms with van der Waals surface area (Å²) in [5.41, 5.74) is 1.35. The Morgan fingerprint density at radius 3 is 2.63 bits per heavy atom. The highest BCUT2D eigenvalue weighted by Crippen LogP contribution is 2.34. The van der Waals surface area contributed by atoms with Gasteiger partial charge in [0.1, 0.15) is 5.75 Å². The number of anilines is 1. The van der Waals surface area contributed by atoms with Crippen LogP contribution in [-0.4, -0.2) is 41.3 Å². The number of amides is 2. The Balaban J connectivity index is 1.52. The molecule has 1 fully saturated rings. The van der Waals surface area contributed by atoms with Crippen LogP contribution in [0.5, 0.6) is 5.75 Å². The number of aryl methyl sites for hydroxylation is 1. The molecule has 1 aromatic heterocycles. The van der Waals surface area contributed by atoms with Gasteiger partial charge in [-0.05, 0) is 42.9 Å². The first-order valence-corrected chi connectivity index (χ1v) is 9.39. The number of aromatic nitrogens is 2. The lowest BCUT2D eigenvalue weighted by atomic mass is 9.86. The van der Waals surface area contributed by atoms with Crippen LogP contribution >= 0.6 is 0 Å². The number of likely N-dealkylation sites (tertiary alicyclic amines) is 1. The van der Waals surface area contributed by atoms with E-state index in [0.29, 0.717) is 41.5 Å². The number of carbonyl (C=O) groups is 1. The molecule has 1 aromatic carbocycles. The Morgan fingerprint density at radius 1 is 1.26 bits per heavy atom. The average Bonchev–Trinajstić information content (AvgIpc) is 3.34. The lowest BCUT2D eigenvalue weighted by molar-refractivity contribution is 0.220. The Labute approximate surface area is 158 Å². The van der Waals surface area contributed by atoms with Gasteiger partial charge in [-0.1, -0.05) is 19.1 Å². The van der Waals surface area contributed by atoms with Crippen molar-refractivity contribution in [3.8, 4) is 17.2 Å². The summed E-state index contributed by atoms with van der Waals surface area (Å²) in [7, 11) is 1.59. The summed E-state index contributed by atoms with van der Waals surface area (Å²) in [5, 5.41) is 11.1. The predicted molar refractivity (Wildman–Crippen MR) is 102 cm³/mol. The van der Waals surface area contributed by atoms with Gasteiger partial charge in [-0.3, -0.25) is 0 Å². The van der Waals surface area contributed by atoms with Crippen molar-refractivity contribution in [2.45, 2.75) is 26.2 Å². The molecule has 27 heavy (non-hydrogen) atoms. The van der Waals surface area contributed by atoms with Crippen LogP contribution in [0, 0.1) is 11.8 Å². The largest absolute Gasteiger partial charge is 0.495 e. The van der Waals surface area contributed by atoms with Crippen LogP contribution in [0.1, 0.15) is 25.7 Å². The molecular weight excluding hydrogens is 344 g/mol. The molecule has 2 aliphatic rings. The Hall–Kier alpha value is -2.83. The molecule has 1 N–H and O–H groups in total. The quantitative estimate of drug-likeness (QED) is 0.832. The molecule has 7 heteroatoms. The van der Waals surface area contributed by atoms with E-state index in [0.717, 1.165) is 31.5 Å². The number of ether oxygens (including phenoxy) is 1. The van der Waals surface area contributed by atoms with E-state index in [1.54, 1.807) is 13.2 Å². The van der Waals surface area contributed by atoms with E-state index in [4.69, 9.17) is 9.15 Å². The van der Waals surface area contributed by atoms with Crippen molar-refractivity contribution in [3.05, 3.63) is 36.2 Å². The van der Waals surface area contributed by atoms with Crippen LogP contribution in [0.15, 0.2) is 34.8 Å². The molecule has 142 valence electrons. The summed E-state index contributed by atoms with van der Waals surface area (Å²) in [4.78, 5) is 14.7. The van der Waals surface area contributed by atoms with Crippen LogP contribution in [0.2, 0.25) is 0 Å². The van der Waals surface area contributed by atoms with Gasteiger partial charge >= 0.3 is 6.03 Å². The van der Waals surface area contributed by atoms with Crippen molar-refractivity contribution in [1.82, 2.24) is 15.1 Å². The topological polar surface area (TPSA) is 80.5 Å². The smallest absolute Gasteiger partial charge is 0.321 e. The van der Waals surface area contributed by atoms with E-state index >= 15 is 0 Å². The van der Waals surface area contributed by atoms with E-state index in [2.05, 4.69) is 27.7 Å². The number of methoxy groups -OCH3 is 1. The summed E-state index contributed by atoms with van der Waals surface area (Å²) in [5.74, 6) is 2.75. The second kappa shape index (κ2) is 7.42. The van der Waals surface area contributed by atoms with Crippen molar-refractivity contribution in [2.24, 2.45) is 11.8 Å². The molecule has 0 bridgehead atoms. The molecular formula is C20H24N4O3. The molecule has 0 unspecified atom stereocenters. The molecule has 0 radical (unpaired) electrons. The maximum atomic E-state index is 12.8. The Morgan fingerprint density at radius 2 is 2.00 bits per heavy atom. The number of carbonyl (C=O) groups excluding carboxylic acids is 1. The molecule has 0 spiro atoms. The minimum Gasteiger partial charge on any atom is -0.495 e. The SMILES string of the molecule is CCc1nnc(-c2ccc(OC)c(NC(=O)N3C[C@H]4CC=CC[C@H]4C3)c2)o1. The number of hydrogen-bond acceptors (Lipinski definition) is 5. The number of rotatable bonds is 4. The van der Waals surface area contributed by atoms with Crippen LogP contribution in [0.25, 0.3) is 11.5 Å². The highest BCUT2D eigenvalue weighted by molar-refractivity contribution is 5.92. The molecule has 2 heterocycles. The first-order valence-electron chi connectivity index (χ1n) is 9.39. The first kappa shape index (κ1) is 17.6. The second-order valence-electron chi connectivity index (χ2n) is 7.07. The van der Waals surface area contributed by atoms with Crippen molar-refractivity contribution in [2.75, 3.05) is 25.5 Å². The van der Waals surface area contributed by atoms with Gasteiger partial charge in [-0.15, -0.1) is 10.2 Å². The van der Waals surface area contributed by atoms with Gasteiger partial charge in [-0.25, -0.2) is 4.79 Å². The molecule has 2 aromatic rings. The number of hydrogen-bond donors (Lipinski definition) is 1. The average molecular weight is 368 g/mol. The minimum absolute atomic E-state index is 0.0976. The number of nitrogens with zero attached hydrogens (tertiary/aromatic N) is 3. The molecule has 1 aliphatic carbocycles. The minimum atomic E-state index is -0.0976. The van der Waals surface area contributed by atoms with E-state index in [-0.39, 0.29) is 6.03 Å². The predicted octanol–water partition coefficient (Wildman–Crippen LogP) is 3.74. The summed E-state index contributed by atoms with van der Waals surface area (Å²) in [6.07, 6.45) is 7.25. The fraction of sp³-hybridized carbons (Fsp3) is 0.450. The highest BCUT2D eigenvalue weighted by atomic mass is 16.5. The zero-order valence-corrected chi connectivity index (χ0v) is 15.6. The van der Waals surface area contributed by atoms with Gasteiger partial charge in [0.2, 0.25) is 11.8 Å². The zero-order chi connectivity index (χ0) is 18.8. The highest BCUT2D eigenvalue weighted by Gasteiger charge is 2.35. The van der Waals surface area contributed by atoms with Crippen molar-refractivity contribution in [1.29, 1.82) is 0 Å². The van der Waals surface area contributed by atoms with Gasteiger partial charge in [0.05, 0.1) is 12.8 Å². The number of nitrogens with one attached hydrogen (secondary N) is 1. The van der Waals surface area contributed by atoms with E-state index in [1.807, 2.05) is 24.0 Å². The van der Waals surface area contributed by atoms with Crippen LogP contribution < -0.4 is 10.1 Å². The van der Waals surface area contributed by atoms with Gasteiger partial charge < -0.3 is 19.4 Å². The molecule has 1 saturated heterocycles.